The first-order valence-electron chi connectivity index (χ1n) is 7.67. The van der Waals surface area contributed by atoms with E-state index in [1.54, 1.807) is 17.1 Å². The molecular formula is C16H21N5O. The summed E-state index contributed by atoms with van der Waals surface area (Å²) in [6.45, 7) is 1.76. The van der Waals surface area contributed by atoms with Crippen molar-refractivity contribution in [3.05, 3.63) is 30.4 Å². The van der Waals surface area contributed by atoms with Gasteiger partial charge in [-0.05, 0) is 25.9 Å². The molecule has 0 bridgehead atoms. The molecule has 1 saturated carbocycles. The van der Waals surface area contributed by atoms with Crippen LogP contribution in [-0.2, 0) is 7.05 Å². The van der Waals surface area contributed by atoms with Gasteiger partial charge in [0.1, 0.15) is 0 Å². The summed E-state index contributed by atoms with van der Waals surface area (Å²) in [6, 6.07) is 0.660. The molecule has 2 aromatic rings. The number of hydrogen-bond donors (Lipinski definition) is 1. The van der Waals surface area contributed by atoms with Gasteiger partial charge in [0.2, 0.25) is 0 Å². The molecule has 6 heteroatoms. The number of hydrogen-bond acceptors (Lipinski definition) is 3. The molecule has 4 rings (SSSR count). The van der Waals surface area contributed by atoms with Crippen molar-refractivity contribution in [2.75, 3.05) is 27.2 Å². The number of aryl methyl sites for hydroxylation is 1. The van der Waals surface area contributed by atoms with Gasteiger partial charge in [0.15, 0.2) is 0 Å². The summed E-state index contributed by atoms with van der Waals surface area (Å²) < 4.78 is 1.75. The van der Waals surface area contributed by atoms with Gasteiger partial charge < -0.3 is 14.8 Å². The average molecular weight is 299 g/mol. The van der Waals surface area contributed by atoms with Crippen LogP contribution in [0.2, 0.25) is 0 Å². The van der Waals surface area contributed by atoms with Crippen LogP contribution >= 0.6 is 0 Å². The van der Waals surface area contributed by atoms with Crippen LogP contribution in [0.4, 0.5) is 0 Å². The lowest BCUT2D eigenvalue weighted by molar-refractivity contribution is 0.0763. The Bertz CT molecular complexity index is 704. The molecule has 0 aromatic carbocycles. The highest BCUT2D eigenvalue weighted by Crippen LogP contribution is 2.48. The Labute approximate surface area is 129 Å². The lowest BCUT2D eigenvalue weighted by Crippen LogP contribution is -2.35. The van der Waals surface area contributed by atoms with Crippen molar-refractivity contribution in [2.45, 2.75) is 6.04 Å². The van der Waals surface area contributed by atoms with Crippen molar-refractivity contribution in [3.8, 4) is 11.1 Å². The van der Waals surface area contributed by atoms with E-state index in [9.17, 15) is 4.79 Å². The van der Waals surface area contributed by atoms with E-state index in [0.717, 1.165) is 29.8 Å². The zero-order valence-electron chi connectivity index (χ0n) is 13.2. The minimum Gasteiger partial charge on any atom is -0.366 e. The third-order valence-corrected chi connectivity index (χ3v) is 5.02. The van der Waals surface area contributed by atoms with Gasteiger partial charge in [-0.25, -0.2) is 0 Å². The molecule has 1 N–H and O–H groups in total. The normalized spacial score (nSPS) is 26.5. The second-order valence-corrected chi connectivity index (χ2v) is 6.68. The first-order chi connectivity index (χ1) is 10.6. The maximum Gasteiger partial charge on any atom is 0.256 e. The maximum absolute atomic E-state index is 12.8. The van der Waals surface area contributed by atoms with Gasteiger partial charge in [-0.1, -0.05) is 0 Å². The van der Waals surface area contributed by atoms with Crippen molar-refractivity contribution in [1.82, 2.24) is 24.6 Å². The molecule has 2 aromatic heterocycles. The van der Waals surface area contributed by atoms with Gasteiger partial charge in [-0.15, -0.1) is 0 Å². The Morgan fingerprint density at radius 1 is 1.32 bits per heavy atom. The van der Waals surface area contributed by atoms with E-state index in [1.165, 1.54) is 0 Å². The Balaban J connectivity index is 1.53. The minimum absolute atomic E-state index is 0.129. The summed E-state index contributed by atoms with van der Waals surface area (Å²) in [7, 11) is 6.14. The Morgan fingerprint density at radius 3 is 2.64 bits per heavy atom. The predicted molar refractivity (Wildman–Crippen MR) is 83.4 cm³/mol. The number of amides is 1. The largest absolute Gasteiger partial charge is 0.366 e. The zero-order valence-corrected chi connectivity index (χ0v) is 13.2. The standard InChI is InChI=1S/C16H21N5O/c1-19(2)15-13-8-21(9-14(13)15)16(22)12-6-17-5-11(12)10-4-18-20(3)7-10/h4-7,13-15,17H,8-9H2,1-3H3/t13-,14+,15?. The summed E-state index contributed by atoms with van der Waals surface area (Å²) in [4.78, 5) is 20.2. The molecule has 2 fully saturated rings. The topological polar surface area (TPSA) is 57.2 Å². The molecular weight excluding hydrogens is 278 g/mol. The third kappa shape index (κ3) is 1.98. The Kier molecular flexibility index (Phi) is 2.91. The first kappa shape index (κ1) is 13.6. The Morgan fingerprint density at radius 2 is 2.05 bits per heavy atom. The second kappa shape index (κ2) is 4.71. The number of H-pyrrole nitrogens is 1. The zero-order chi connectivity index (χ0) is 15.4. The van der Waals surface area contributed by atoms with Gasteiger partial charge in [-0.3, -0.25) is 9.48 Å². The van der Waals surface area contributed by atoms with Crippen molar-refractivity contribution in [3.63, 3.8) is 0 Å². The maximum atomic E-state index is 12.8. The third-order valence-electron chi connectivity index (χ3n) is 5.02. The van der Waals surface area contributed by atoms with Gasteiger partial charge in [0.05, 0.1) is 11.8 Å². The fourth-order valence-electron chi connectivity index (χ4n) is 3.94. The predicted octanol–water partition coefficient (Wildman–Crippen LogP) is 1.05. The number of likely N-dealkylation sites (tertiary alicyclic amines) is 1. The fourth-order valence-corrected chi connectivity index (χ4v) is 3.94. The second-order valence-electron chi connectivity index (χ2n) is 6.68. The molecule has 3 atom stereocenters. The van der Waals surface area contributed by atoms with E-state index in [4.69, 9.17) is 0 Å². The Hall–Kier alpha value is -2.08. The SMILES string of the molecule is CN(C)C1[C@H]2CN(C(=O)c3c[nH]cc3-c3cnn(C)c3)C[C@@H]12. The van der Waals surface area contributed by atoms with E-state index >= 15 is 0 Å². The monoisotopic (exact) mass is 299 g/mol. The van der Waals surface area contributed by atoms with Crippen LogP contribution in [-0.4, -0.2) is 63.7 Å². The van der Waals surface area contributed by atoms with Gasteiger partial charge in [-0.2, -0.15) is 5.10 Å². The highest BCUT2D eigenvalue weighted by atomic mass is 16.2. The number of nitrogens with one attached hydrogen (secondary N) is 1. The minimum atomic E-state index is 0.129. The molecule has 22 heavy (non-hydrogen) atoms. The summed E-state index contributed by atoms with van der Waals surface area (Å²) in [5.41, 5.74) is 2.65. The first-order valence-corrected chi connectivity index (χ1v) is 7.67. The highest BCUT2D eigenvalue weighted by Gasteiger charge is 2.57. The molecule has 1 aliphatic carbocycles. The van der Waals surface area contributed by atoms with E-state index in [-0.39, 0.29) is 5.91 Å². The number of fused-ring (bicyclic) bond motifs is 1. The lowest BCUT2D eigenvalue weighted by Gasteiger charge is -2.22. The fraction of sp³-hybridized carbons (Fsp3) is 0.500. The van der Waals surface area contributed by atoms with Crippen LogP contribution < -0.4 is 0 Å². The number of aromatic amines is 1. The number of piperidine rings is 1. The van der Waals surface area contributed by atoms with E-state index in [1.807, 2.05) is 24.3 Å². The number of carbonyl (C=O) groups is 1. The molecule has 0 spiro atoms. The summed E-state index contributed by atoms with van der Waals surface area (Å²) in [6.07, 6.45) is 7.41. The van der Waals surface area contributed by atoms with Crippen LogP contribution in [0.3, 0.4) is 0 Å². The molecule has 1 aliphatic heterocycles. The number of carbonyl (C=O) groups excluding carboxylic acids is 1. The smallest absolute Gasteiger partial charge is 0.256 e. The van der Waals surface area contributed by atoms with Crippen LogP contribution in [0.5, 0.6) is 0 Å². The van der Waals surface area contributed by atoms with Gasteiger partial charge in [0.25, 0.3) is 5.91 Å². The molecule has 116 valence electrons. The van der Waals surface area contributed by atoms with E-state index in [0.29, 0.717) is 17.9 Å². The number of rotatable bonds is 3. The highest BCUT2D eigenvalue weighted by molar-refractivity contribution is 6.01. The van der Waals surface area contributed by atoms with E-state index in [2.05, 4.69) is 29.1 Å². The lowest BCUT2D eigenvalue weighted by atomic mass is 10.1. The number of aromatic nitrogens is 3. The molecule has 1 unspecified atom stereocenters. The summed E-state index contributed by atoms with van der Waals surface area (Å²) in [5, 5.41) is 4.19. The van der Waals surface area contributed by atoms with Crippen molar-refractivity contribution in [1.29, 1.82) is 0 Å². The quantitative estimate of drug-likeness (QED) is 0.921. The van der Waals surface area contributed by atoms with Crippen LogP contribution in [0, 0.1) is 11.8 Å². The molecule has 3 heterocycles. The van der Waals surface area contributed by atoms with Crippen LogP contribution in [0.25, 0.3) is 11.1 Å². The molecule has 1 amide bonds. The van der Waals surface area contributed by atoms with Crippen molar-refractivity contribution < 1.29 is 4.79 Å². The van der Waals surface area contributed by atoms with Crippen LogP contribution in [0.1, 0.15) is 10.4 Å². The molecule has 2 aliphatic rings. The van der Waals surface area contributed by atoms with Crippen molar-refractivity contribution in [2.24, 2.45) is 18.9 Å². The molecule has 6 nitrogen and oxygen atoms in total. The molecule has 1 saturated heterocycles. The van der Waals surface area contributed by atoms with Crippen LogP contribution in [0.15, 0.2) is 24.8 Å². The van der Waals surface area contributed by atoms with E-state index < -0.39 is 0 Å². The van der Waals surface area contributed by atoms with Crippen molar-refractivity contribution >= 4 is 5.91 Å². The van der Waals surface area contributed by atoms with Gasteiger partial charge >= 0.3 is 0 Å². The summed E-state index contributed by atoms with van der Waals surface area (Å²) in [5.74, 6) is 1.43. The molecule has 0 radical (unpaired) electrons. The van der Waals surface area contributed by atoms with Gasteiger partial charge in [0, 0.05) is 55.9 Å². The average Bonchev–Trinajstić information content (AvgIpc) is 2.95. The number of nitrogens with zero attached hydrogens (tertiary/aromatic N) is 4. The summed E-state index contributed by atoms with van der Waals surface area (Å²) >= 11 is 0.